The smallest absolute Gasteiger partial charge is 0.230 e. The maximum absolute atomic E-state index is 12.6. The average molecular weight is 391 g/mol. The zero-order chi connectivity index (χ0) is 18.9. The molecule has 0 spiro atoms. The van der Waals surface area contributed by atoms with Crippen LogP contribution in [-0.4, -0.2) is 28.5 Å². The second kappa shape index (κ2) is 7.01. The molecule has 0 aliphatic carbocycles. The Morgan fingerprint density at radius 2 is 1.93 bits per heavy atom. The number of amides is 1. The molecule has 3 heterocycles. The Morgan fingerprint density at radius 3 is 2.79 bits per heavy atom. The van der Waals surface area contributed by atoms with Crippen molar-refractivity contribution in [3.8, 4) is 22.8 Å². The summed E-state index contributed by atoms with van der Waals surface area (Å²) in [5, 5.41) is 4.90. The summed E-state index contributed by atoms with van der Waals surface area (Å²) < 4.78 is 13.1. The molecule has 0 unspecified atom stereocenters. The zero-order valence-corrected chi connectivity index (χ0v) is 15.7. The van der Waals surface area contributed by atoms with Gasteiger partial charge in [0.1, 0.15) is 13.2 Å². The van der Waals surface area contributed by atoms with E-state index in [1.807, 2.05) is 58.4 Å². The molecule has 28 heavy (non-hydrogen) atoms. The van der Waals surface area contributed by atoms with E-state index in [0.29, 0.717) is 30.4 Å². The summed E-state index contributed by atoms with van der Waals surface area (Å²) in [6, 6.07) is 15.4. The minimum absolute atomic E-state index is 0.0914. The van der Waals surface area contributed by atoms with Crippen molar-refractivity contribution < 1.29 is 14.3 Å². The van der Waals surface area contributed by atoms with Gasteiger partial charge in [-0.2, -0.15) is 0 Å². The number of hydrogen-bond acceptors (Lipinski definition) is 5. The number of hydrogen-bond donors (Lipinski definition) is 1. The van der Waals surface area contributed by atoms with Crippen LogP contribution in [0.25, 0.3) is 16.2 Å². The summed E-state index contributed by atoms with van der Waals surface area (Å²) in [5.74, 6) is 1.27. The van der Waals surface area contributed by atoms with Gasteiger partial charge in [0.2, 0.25) is 5.91 Å². The molecule has 0 atom stereocenters. The van der Waals surface area contributed by atoms with Gasteiger partial charge in [-0.25, -0.2) is 4.98 Å². The number of rotatable bonds is 4. The van der Waals surface area contributed by atoms with Crippen molar-refractivity contribution in [1.82, 2.24) is 9.38 Å². The first-order valence-corrected chi connectivity index (χ1v) is 9.85. The zero-order valence-electron chi connectivity index (χ0n) is 14.9. The lowest BCUT2D eigenvalue weighted by molar-refractivity contribution is -0.115. The number of carbonyl (C=O) groups is 1. The van der Waals surface area contributed by atoms with Crippen LogP contribution in [0.2, 0.25) is 0 Å². The monoisotopic (exact) mass is 391 g/mol. The van der Waals surface area contributed by atoms with Crippen LogP contribution in [0.3, 0.4) is 0 Å². The number of fused-ring (bicyclic) bond motifs is 2. The Labute approximate surface area is 165 Å². The Hall–Kier alpha value is -3.32. The Bertz CT molecular complexity index is 1150. The van der Waals surface area contributed by atoms with Crippen LogP contribution in [0, 0.1) is 0 Å². The van der Waals surface area contributed by atoms with Crippen LogP contribution < -0.4 is 14.8 Å². The van der Waals surface area contributed by atoms with Crippen LogP contribution in [-0.2, 0) is 11.2 Å². The third-order valence-electron chi connectivity index (χ3n) is 4.52. The second-order valence-corrected chi connectivity index (χ2v) is 7.29. The highest BCUT2D eigenvalue weighted by atomic mass is 32.1. The van der Waals surface area contributed by atoms with Crippen molar-refractivity contribution in [1.29, 1.82) is 0 Å². The van der Waals surface area contributed by atoms with Crippen molar-refractivity contribution in [2.45, 2.75) is 6.42 Å². The normalized spacial score (nSPS) is 12.9. The molecular formula is C21H17N3O3S. The summed E-state index contributed by atoms with van der Waals surface area (Å²) >= 11 is 1.53. The van der Waals surface area contributed by atoms with Crippen molar-refractivity contribution in [3.63, 3.8) is 0 Å². The molecule has 5 rings (SSSR count). The molecule has 7 heteroatoms. The Morgan fingerprint density at radius 1 is 1.11 bits per heavy atom. The second-order valence-electron chi connectivity index (χ2n) is 6.46. The Balaban J connectivity index is 1.34. The summed E-state index contributed by atoms with van der Waals surface area (Å²) in [6.07, 6.45) is 2.24. The summed E-state index contributed by atoms with van der Waals surface area (Å²) in [7, 11) is 0. The maximum Gasteiger partial charge on any atom is 0.230 e. The molecule has 2 aromatic heterocycles. The van der Waals surface area contributed by atoms with E-state index in [1.54, 1.807) is 6.07 Å². The first kappa shape index (κ1) is 16.8. The number of carbonyl (C=O) groups excluding carboxylic acids is 1. The van der Waals surface area contributed by atoms with Gasteiger partial charge in [-0.05, 0) is 12.1 Å². The van der Waals surface area contributed by atoms with E-state index < -0.39 is 0 Å². The fraction of sp³-hybridized carbons (Fsp3) is 0.143. The molecule has 140 valence electrons. The molecule has 0 saturated carbocycles. The lowest BCUT2D eigenvalue weighted by Crippen LogP contribution is -2.17. The van der Waals surface area contributed by atoms with E-state index in [4.69, 9.17) is 9.47 Å². The summed E-state index contributed by atoms with van der Waals surface area (Å²) in [6.45, 7) is 1.06. The quantitative estimate of drug-likeness (QED) is 0.571. The molecule has 0 saturated heterocycles. The molecule has 1 aliphatic heterocycles. The Kier molecular flexibility index (Phi) is 4.21. The predicted molar refractivity (Wildman–Crippen MR) is 108 cm³/mol. The van der Waals surface area contributed by atoms with Crippen LogP contribution >= 0.6 is 11.3 Å². The molecule has 1 N–H and O–H groups in total. The molecule has 4 aromatic rings. The van der Waals surface area contributed by atoms with Gasteiger partial charge >= 0.3 is 0 Å². The summed E-state index contributed by atoms with van der Waals surface area (Å²) in [5.41, 5.74) is 3.56. The number of imidazole rings is 1. The molecule has 6 nitrogen and oxygen atoms in total. The van der Waals surface area contributed by atoms with Crippen LogP contribution in [0.15, 0.2) is 60.1 Å². The molecule has 1 amide bonds. The van der Waals surface area contributed by atoms with Gasteiger partial charge in [0.15, 0.2) is 16.5 Å². The predicted octanol–water partition coefficient (Wildman–Crippen LogP) is 4.02. The average Bonchev–Trinajstić information content (AvgIpc) is 3.31. The molecule has 0 bridgehead atoms. The van der Waals surface area contributed by atoms with Gasteiger partial charge in [-0.1, -0.05) is 30.3 Å². The van der Waals surface area contributed by atoms with Gasteiger partial charge in [-0.3, -0.25) is 9.20 Å². The van der Waals surface area contributed by atoms with E-state index in [2.05, 4.69) is 10.3 Å². The number of ether oxygens (including phenoxy) is 2. The van der Waals surface area contributed by atoms with Crippen molar-refractivity contribution in [2.75, 3.05) is 18.5 Å². The van der Waals surface area contributed by atoms with Gasteiger partial charge in [0, 0.05) is 34.6 Å². The highest BCUT2D eigenvalue weighted by Gasteiger charge is 2.15. The summed E-state index contributed by atoms with van der Waals surface area (Å²) in [4.78, 5) is 18.1. The maximum atomic E-state index is 12.6. The van der Waals surface area contributed by atoms with Gasteiger partial charge in [0.05, 0.1) is 12.1 Å². The van der Waals surface area contributed by atoms with Crippen molar-refractivity contribution in [3.05, 3.63) is 65.8 Å². The lowest BCUT2D eigenvalue weighted by Gasteiger charge is -2.19. The van der Waals surface area contributed by atoms with Gasteiger partial charge in [0.25, 0.3) is 0 Å². The van der Waals surface area contributed by atoms with Gasteiger partial charge < -0.3 is 14.8 Å². The molecule has 2 aromatic carbocycles. The molecular weight excluding hydrogens is 374 g/mol. The fourth-order valence-electron chi connectivity index (χ4n) is 3.20. The highest BCUT2D eigenvalue weighted by Crippen LogP contribution is 2.32. The number of benzene rings is 2. The molecule has 1 aliphatic rings. The number of anilines is 1. The standard InChI is InChI=1S/C21H17N3O3S/c25-20(22-15-6-7-18-19(10-15)27-9-8-26-18)11-16-13-28-21-23-17(12-24(16)21)14-4-2-1-3-5-14/h1-7,10,12-13H,8-9,11H2,(H,22,25). The van der Waals surface area contributed by atoms with Crippen LogP contribution in [0.1, 0.15) is 5.69 Å². The third kappa shape index (κ3) is 3.20. The topological polar surface area (TPSA) is 64.9 Å². The van der Waals surface area contributed by atoms with Crippen molar-refractivity contribution >= 4 is 27.9 Å². The minimum Gasteiger partial charge on any atom is -0.486 e. The SMILES string of the molecule is O=C(Cc1csc2nc(-c3ccccc3)cn12)Nc1ccc2c(c1)OCCO2. The highest BCUT2D eigenvalue weighted by molar-refractivity contribution is 7.15. The molecule has 0 radical (unpaired) electrons. The van der Waals surface area contributed by atoms with Crippen LogP contribution in [0.5, 0.6) is 11.5 Å². The first-order chi connectivity index (χ1) is 13.8. The van der Waals surface area contributed by atoms with Crippen molar-refractivity contribution in [2.24, 2.45) is 0 Å². The van der Waals surface area contributed by atoms with E-state index >= 15 is 0 Å². The molecule has 0 fully saturated rings. The first-order valence-electron chi connectivity index (χ1n) is 8.97. The van der Waals surface area contributed by atoms with E-state index in [0.717, 1.165) is 21.9 Å². The fourth-order valence-corrected chi connectivity index (χ4v) is 4.07. The number of nitrogens with one attached hydrogen (secondary N) is 1. The van der Waals surface area contributed by atoms with E-state index in [9.17, 15) is 4.79 Å². The number of thiazole rings is 1. The van der Waals surface area contributed by atoms with E-state index in [1.165, 1.54) is 11.3 Å². The lowest BCUT2D eigenvalue weighted by atomic mass is 10.2. The minimum atomic E-state index is -0.0914. The largest absolute Gasteiger partial charge is 0.486 e. The third-order valence-corrected chi connectivity index (χ3v) is 5.41. The van der Waals surface area contributed by atoms with E-state index in [-0.39, 0.29) is 12.3 Å². The van der Waals surface area contributed by atoms with Gasteiger partial charge in [-0.15, -0.1) is 11.3 Å². The van der Waals surface area contributed by atoms with Crippen LogP contribution in [0.4, 0.5) is 5.69 Å². The number of nitrogens with zero attached hydrogens (tertiary/aromatic N) is 2. The number of aromatic nitrogens is 2.